The van der Waals surface area contributed by atoms with E-state index >= 15 is 0 Å². The number of nitrogens with one attached hydrogen (secondary N) is 1. The summed E-state index contributed by atoms with van der Waals surface area (Å²) in [4.78, 5) is 4.43. The Hall–Kier alpha value is -1.75. The second-order valence-electron chi connectivity index (χ2n) is 4.88. The van der Waals surface area contributed by atoms with Gasteiger partial charge in [0, 0.05) is 13.2 Å². The van der Waals surface area contributed by atoms with Crippen LogP contribution in [0.5, 0.6) is 0 Å². The van der Waals surface area contributed by atoms with Crippen molar-refractivity contribution in [1.29, 1.82) is 0 Å². The van der Waals surface area contributed by atoms with Crippen molar-refractivity contribution >= 4 is 17.0 Å². The fourth-order valence-corrected chi connectivity index (χ4v) is 2.20. The predicted octanol–water partition coefficient (Wildman–Crippen LogP) is 2.01. The summed E-state index contributed by atoms with van der Waals surface area (Å²) in [5.74, 6) is 0.561. The van der Waals surface area contributed by atoms with E-state index in [9.17, 15) is 0 Å². The molecule has 5 heteroatoms. The summed E-state index contributed by atoms with van der Waals surface area (Å²) in [6.45, 7) is 3.67. The first-order valence-corrected chi connectivity index (χ1v) is 6.23. The average molecular weight is 244 g/mol. The highest BCUT2D eigenvalue weighted by Crippen LogP contribution is 2.24. The zero-order valence-corrected chi connectivity index (χ0v) is 10.4. The van der Waals surface area contributed by atoms with Crippen molar-refractivity contribution in [1.82, 2.24) is 15.2 Å². The number of benzene rings is 1. The normalized spacial score (nSPS) is 23.4. The lowest BCUT2D eigenvalue weighted by molar-refractivity contribution is 0.0314. The molecule has 1 N–H and O–H groups in total. The van der Waals surface area contributed by atoms with Gasteiger partial charge in [-0.15, -0.1) is 10.2 Å². The highest BCUT2D eigenvalue weighted by molar-refractivity contribution is 5.73. The number of hydrogen-bond donors (Lipinski definition) is 1. The Morgan fingerprint density at radius 2 is 2.11 bits per heavy atom. The Bertz CT molecular complexity index is 551. The smallest absolute Gasteiger partial charge is 0.243 e. The molecule has 18 heavy (non-hydrogen) atoms. The molecule has 94 valence electrons. The number of ether oxygens (including phenoxy) is 1. The van der Waals surface area contributed by atoms with Crippen molar-refractivity contribution in [2.75, 3.05) is 18.5 Å². The third-order valence-corrected chi connectivity index (χ3v) is 3.28. The summed E-state index contributed by atoms with van der Waals surface area (Å²) >= 11 is 0. The quantitative estimate of drug-likeness (QED) is 0.895. The van der Waals surface area contributed by atoms with Gasteiger partial charge in [0.25, 0.3) is 0 Å². The molecule has 0 radical (unpaired) electrons. The summed E-state index contributed by atoms with van der Waals surface area (Å²) in [6.07, 6.45) is 2.19. The first-order chi connectivity index (χ1) is 8.75. The van der Waals surface area contributed by atoms with Crippen molar-refractivity contribution in [2.45, 2.75) is 25.4 Å². The number of aromatic nitrogens is 3. The van der Waals surface area contributed by atoms with E-state index in [-0.39, 0.29) is 5.60 Å². The summed E-state index contributed by atoms with van der Waals surface area (Å²) < 4.78 is 5.71. The van der Waals surface area contributed by atoms with Crippen LogP contribution in [0.1, 0.15) is 19.8 Å². The van der Waals surface area contributed by atoms with Crippen LogP contribution in [-0.4, -0.2) is 33.9 Å². The van der Waals surface area contributed by atoms with Crippen LogP contribution in [0.4, 0.5) is 5.95 Å². The minimum absolute atomic E-state index is 0.102. The molecule has 1 atom stereocenters. The van der Waals surface area contributed by atoms with Crippen LogP contribution in [0, 0.1) is 0 Å². The molecule has 3 rings (SSSR count). The van der Waals surface area contributed by atoms with Crippen LogP contribution in [-0.2, 0) is 4.74 Å². The number of para-hydroxylation sites is 1. The van der Waals surface area contributed by atoms with Crippen molar-refractivity contribution < 1.29 is 4.74 Å². The lowest BCUT2D eigenvalue weighted by Crippen LogP contribution is -2.33. The molecule has 1 fully saturated rings. The van der Waals surface area contributed by atoms with Gasteiger partial charge in [0.05, 0.1) is 11.1 Å². The molecule has 0 amide bonds. The van der Waals surface area contributed by atoms with Crippen LogP contribution in [0.15, 0.2) is 24.3 Å². The Morgan fingerprint density at radius 3 is 2.89 bits per heavy atom. The van der Waals surface area contributed by atoms with Crippen LogP contribution < -0.4 is 5.32 Å². The van der Waals surface area contributed by atoms with E-state index in [1.807, 2.05) is 24.3 Å². The van der Waals surface area contributed by atoms with Crippen LogP contribution in [0.2, 0.25) is 0 Å². The Balaban J connectivity index is 1.74. The zero-order chi connectivity index (χ0) is 12.4. The van der Waals surface area contributed by atoms with E-state index in [0.29, 0.717) is 12.5 Å². The van der Waals surface area contributed by atoms with E-state index in [1.165, 1.54) is 0 Å². The molecule has 2 aromatic rings. The Labute approximate surface area is 106 Å². The number of anilines is 1. The highest BCUT2D eigenvalue weighted by atomic mass is 16.5. The van der Waals surface area contributed by atoms with Gasteiger partial charge in [0.15, 0.2) is 0 Å². The van der Waals surface area contributed by atoms with Gasteiger partial charge in [-0.1, -0.05) is 12.1 Å². The molecule has 0 saturated carbocycles. The minimum atomic E-state index is -0.102. The molecule has 0 aliphatic carbocycles. The third kappa shape index (κ3) is 2.26. The molecule has 2 heterocycles. The number of nitrogens with zero attached hydrogens (tertiary/aromatic N) is 3. The van der Waals surface area contributed by atoms with Gasteiger partial charge in [-0.3, -0.25) is 0 Å². The summed E-state index contributed by atoms with van der Waals surface area (Å²) in [6, 6.07) is 7.71. The van der Waals surface area contributed by atoms with Gasteiger partial charge >= 0.3 is 0 Å². The lowest BCUT2D eigenvalue weighted by atomic mass is 10.0. The monoisotopic (exact) mass is 244 g/mol. The summed E-state index contributed by atoms with van der Waals surface area (Å²) in [7, 11) is 0. The largest absolute Gasteiger partial charge is 0.373 e. The van der Waals surface area contributed by atoms with Crippen LogP contribution in [0.25, 0.3) is 11.0 Å². The summed E-state index contributed by atoms with van der Waals surface area (Å²) in [5.41, 5.74) is 1.56. The van der Waals surface area contributed by atoms with Crippen LogP contribution in [0.3, 0.4) is 0 Å². The second kappa shape index (κ2) is 4.49. The van der Waals surface area contributed by atoms with Gasteiger partial charge < -0.3 is 10.1 Å². The van der Waals surface area contributed by atoms with Gasteiger partial charge in [0.1, 0.15) is 5.52 Å². The molecule has 1 unspecified atom stereocenters. The highest BCUT2D eigenvalue weighted by Gasteiger charge is 2.29. The van der Waals surface area contributed by atoms with E-state index in [1.54, 1.807) is 0 Å². The van der Waals surface area contributed by atoms with E-state index < -0.39 is 0 Å². The fourth-order valence-electron chi connectivity index (χ4n) is 2.20. The second-order valence-corrected chi connectivity index (χ2v) is 4.88. The lowest BCUT2D eigenvalue weighted by Gasteiger charge is -2.23. The Morgan fingerprint density at radius 1 is 1.28 bits per heavy atom. The maximum Gasteiger partial charge on any atom is 0.243 e. The molecular formula is C13H16N4O. The molecular weight excluding hydrogens is 228 g/mol. The van der Waals surface area contributed by atoms with Gasteiger partial charge in [-0.2, -0.15) is 0 Å². The number of hydrogen-bond acceptors (Lipinski definition) is 5. The van der Waals surface area contributed by atoms with E-state index in [0.717, 1.165) is 30.5 Å². The molecule has 1 aromatic heterocycles. The molecule has 1 aromatic carbocycles. The number of rotatable bonds is 3. The predicted molar refractivity (Wildman–Crippen MR) is 69.4 cm³/mol. The van der Waals surface area contributed by atoms with E-state index in [2.05, 4.69) is 27.4 Å². The topological polar surface area (TPSA) is 59.9 Å². The summed E-state index contributed by atoms with van der Waals surface area (Å²) in [5, 5.41) is 11.4. The first-order valence-electron chi connectivity index (χ1n) is 6.23. The van der Waals surface area contributed by atoms with Crippen molar-refractivity contribution in [3.63, 3.8) is 0 Å². The van der Waals surface area contributed by atoms with Gasteiger partial charge in [-0.25, -0.2) is 4.98 Å². The van der Waals surface area contributed by atoms with E-state index in [4.69, 9.17) is 4.74 Å². The number of fused-ring (bicyclic) bond motifs is 1. The van der Waals surface area contributed by atoms with Gasteiger partial charge in [-0.05, 0) is 31.9 Å². The SMILES string of the molecule is CC1(CNc2nnc3ccccc3n2)CCCO1. The molecule has 1 saturated heterocycles. The molecule has 5 nitrogen and oxygen atoms in total. The maximum atomic E-state index is 5.71. The molecule has 0 bridgehead atoms. The zero-order valence-electron chi connectivity index (χ0n) is 10.4. The van der Waals surface area contributed by atoms with Gasteiger partial charge in [0.2, 0.25) is 5.95 Å². The third-order valence-electron chi connectivity index (χ3n) is 3.28. The minimum Gasteiger partial charge on any atom is -0.373 e. The first kappa shape index (κ1) is 11.3. The van der Waals surface area contributed by atoms with Crippen molar-refractivity contribution in [3.8, 4) is 0 Å². The van der Waals surface area contributed by atoms with Crippen molar-refractivity contribution in [2.24, 2.45) is 0 Å². The van der Waals surface area contributed by atoms with Crippen molar-refractivity contribution in [3.05, 3.63) is 24.3 Å². The molecule has 0 spiro atoms. The Kier molecular flexibility index (Phi) is 2.83. The molecule has 1 aliphatic heterocycles. The maximum absolute atomic E-state index is 5.71. The average Bonchev–Trinajstić information content (AvgIpc) is 2.84. The standard InChI is InChI=1S/C13H16N4O/c1-13(7-4-8-18-13)9-14-12-15-10-5-2-3-6-11(10)16-17-12/h2-3,5-6H,4,7-9H2,1H3,(H,14,15,17). The molecule has 1 aliphatic rings. The fraction of sp³-hybridized carbons (Fsp3) is 0.462. The van der Waals surface area contributed by atoms with Crippen LogP contribution >= 0.6 is 0 Å².